The lowest BCUT2D eigenvalue weighted by Crippen LogP contribution is -2.22. The molecule has 0 amide bonds. The number of rotatable bonds is 7. The third kappa shape index (κ3) is 3.60. The van der Waals surface area contributed by atoms with Crippen molar-refractivity contribution in [1.82, 2.24) is 14.5 Å². The molecule has 3 heterocycles. The highest BCUT2D eigenvalue weighted by Gasteiger charge is 2.24. The van der Waals surface area contributed by atoms with Crippen molar-refractivity contribution in [3.05, 3.63) is 42.1 Å². The first-order valence-electron chi connectivity index (χ1n) is 9.51. The number of benzene rings is 1. The van der Waals surface area contributed by atoms with Crippen molar-refractivity contribution < 1.29 is 9.13 Å². The number of halogens is 1. The van der Waals surface area contributed by atoms with E-state index >= 15 is 0 Å². The van der Waals surface area contributed by atoms with Gasteiger partial charge in [-0.3, -0.25) is 10.4 Å². The maximum Gasteiger partial charge on any atom is 0.147 e. The van der Waals surface area contributed by atoms with Gasteiger partial charge < -0.3 is 14.6 Å². The second-order valence-electron chi connectivity index (χ2n) is 7.25. The minimum atomic E-state index is -0.250. The summed E-state index contributed by atoms with van der Waals surface area (Å²) in [6.07, 6.45) is 4.71. The summed E-state index contributed by atoms with van der Waals surface area (Å²) in [6, 6.07) is 4.82. The Balaban J connectivity index is 1.57. The van der Waals surface area contributed by atoms with Crippen LogP contribution in [0.25, 0.3) is 11.0 Å². The predicted molar refractivity (Wildman–Crippen MR) is 109 cm³/mol. The highest BCUT2D eigenvalue weighted by molar-refractivity contribution is 6.00. The second-order valence-corrected chi connectivity index (χ2v) is 7.25. The maximum atomic E-state index is 13.6. The molecule has 1 aliphatic rings. The van der Waals surface area contributed by atoms with Crippen LogP contribution in [0, 0.1) is 5.82 Å². The number of fused-ring (bicyclic) bond motifs is 2. The fourth-order valence-electron chi connectivity index (χ4n) is 3.42. The van der Waals surface area contributed by atoms with Gasteiger partial charge in [0, 0.05) is 26.4 Å². The van der Waals surface area contributed by atoms with Crippen LogP contribution in [0.5, 0.6) is 0 Å². The third-order valence-electron chi connectivity index (χ3n) is 4.74. The van der Waals surface area contributed by atoms with Crippen molar-refractivity contribution in [1.29, 1.82) is 0 Å². The summed E-state index contributed by atoms with van der Waals surface area (Å²) in [5.74, 6) is 0.536. The Morgan fingerprint density at radius 2 is 2.18 bits per heavy atom. The molecule has 3 aromatic rings. The van der Waals surface area contributed by atoms with E-state index in [4.69, 9.17) is 4.74 Å². The van der Waals surface area contributed by atoms with E-state index in [1.807, 2.05) is 42.7 Å². The van der Waals surface area contributed by atoms with Crippen LogP contribution in [0.4, 0.5) is 21.6 Å². The zero-order valence-electron chi connectivity index (χ0n) is 16.4. The van der Waals surface area contributed by atoms with Gasteiger partial charge in [0.2, 0.25) is 0 Å². The summed E-state index contributed by atoms with van der Waals surface area (Å²) in [6.45, 7) is 6.17. The summed E-state index contributed by atoms with van der Waals surface area (Å²) < 4.78 is 21.1. The standard InChI is InChI=1S/C20H25FN6O/c1-13(2)28-8-4-7-22-19-18-17(11-26(3)20(18)24-12-23-19)27-10-14-5-6-15(21)9-16(14)25-27/h5-6,9,11-13,25H,4,7-8,10H2,1-3H3,(H,22,23,24). The van der Waals surface area contributed by atoms with Gasteiger partial charge in [0.25, 0.3) is 0 Å². The van der Waals surface area contributed by atoms with E-state index in [1.54, 1.807) is 6.33 Å². The van der Waals surface area contributed by atoms with Crippen molar-refractivity contribution in [2.24, 2.45) is 7.05 Å². The molecule has 1 aliphatic heterocycles. The van der Waals surface area contributed by atoms with Gasteiger partial charge in [0.05, 0.1) is 29.4 Å². The molecule has 2 aromatic heterocycles. The summed E-state index contributed by atoms with van der Waals surface area (Å²) in [5.41, 5.74) is 6.92. The smallest absolute Gasteiger partial charge is 0.147 e. The molecule has 2 N–H and O–H groups in total. The molecule has 8 heteroatoms. The molecular formula is C20H25FN6O. The van der Waals surface area contributed by atoms with Gasteiger partial charge in [-0.15, -0.1) is 0 Å². The molecule has 0 spiro atoms. The number of aromatic nitrogens is 3. The minimum Gasteiger partial charge on any atom is -0.379 e. The van der Waals surface area contributed by atoms with Gasteiger partial charge in [-0.25, -0.2) is 14.4 Å². The quantitative estimate of drug-likeness (QED) is 0.606. The van der Waals surface area contributed by atoms with Crippen molar-refractivity contribution in [2.75, 3.05) is 28.9 Å². The van der Waals surface area contributed by atoms with Gasteiger partial charge in [-0.05, 0) is 38.0 Å². The molecule has 1 aromatic carbocycles. The van der Waals surface area contributed by atoms with Crippen molar-refractivity contribution in [3.63, 3.8) is 0 Å². The number of nitrogens with zero attached hydrogens (tertiary/aromatic N) is 4. The molecule has 148 valence electrons. The number of anilines is 3. The van der Waals surface area contributed by atoms with Gasteiger partial charge in [0.15, 0.2) is 0 Å². The third-order valence-corrected chi connectivity index (χ3v) is 4.74. The highest BCUT2D eigenvalue weighted by atomic mass is 19.1. The topological polar surface area (TPSA) is 67.2 Å². The Labute approximate surface area is 163 Å². The molecule has 28 heavy (non-hydrogen) atoms. The first kappa shape index (κ1) is 18.5. The van der Waals surface area contributed by atoms with Crippen LogP contribution in [-0.2, 0) is 18.3 Å². The number of hydrazine groups is 1. The summed E-state index contributed by atoms with van der Waals surface area (Å²) in [7, 11) is 1.96. The normalized spacial score (nSPS) is 13.2. The molecular weight excluding hydrogens is 359 g/mol. The SMILES string of the molecule is CC(C)OCCCNc1ncnc2c1c(N1Cc3ccc(F)cc3N1)cn2C. The molecule has 0 saturated heterocycles. The zero-order valence-corrected chi connectivity index (χ0v) is 16.4. The Morgan fingerprint density at radius 3 is 3.00 bits per heavy atom. The van der Waals surface area contributed by atoms with Gasteiger partial charge in [0.1, 0.15) is 23.6 Å². The summed E-state index contributed by atoms with van der Waals surface area (Å²) in [5, 5.41) is 6.35. The molecule has 7 nitrogen and oxygen atoms in total. The van der Waals surface area contributed by atoms with Crippen LogP contribution >= 0.6 is 0 Å². The first-order valence-corrected chi connectivity index (χ1v) is 9.51. The number of hydrogen-bond acceptors (Lipinski definition) is 6. The number of ether oxygens (including phenoxy) is 1. The van der Waals surface area contributed by atoms with Crippen molar-refractivity contribution >= 4 is 28.2 Å². The van der Waals surface area contributed by atoms with Crippen LogP contribution in [0.15, 0.2) is 30.7 Å². The largest absolute Gasteiger partial charge is 0.379 e. The van der Waals surface area contributed by atoms with Crippen LogP contribution in [-0.4, -0.2) is 33.8 Å². The van der Waals surface area contributed by atoms with Crippen molar-refractivity contribution in [2.45, 2.75) is 32.9 Å². The Morgan fingerprint density at radius 1 is 1.32 bits per heavy atom. The summed E-state index contributed by atoms with van der Waals surface area (Å²) in [4.78, 5) is 8.89. The lowest BCUT2D eigenvalue weighted by atomic mass is 10.2. The average molecular weight is 384 g/mol. The van der Waals surface area contributed by atoms with Gasteiger partial charge in [-0.1, -0.05) is 6.07 Å². The molecule has 0 saturated carbocycles. The Bertz CT molecular complexity index is 986. The Hall–Kier alpha value is -2.87. The molecule has 0 aliphatic carbocycles. The Kier molecular flexibility index (Phi) is 5.04. The molecule has 4 rings (SSSR count). The molecule has 0 unspecified atom stereocenters. The number of hydrogen-bond donors (Lipinski definition) is 2. The van der Waals surface area contributed by atoms with Crippen LogP contribution in [0.3, 0.4) is 0 Å². The van der Waals surface area contributed by atoms with Crippen LogP contribution < -0.4 is 15.8 Å². The number of nitrogens with one attached hydrogen (secondary N) is 2. The van der Waals surface area contributed by atoms with Crippen LogP contribution in [0.1, 0.15) is 25.8 Å². The zero-order chi connectivity index (χ0) is 19.7. The molecule has 0 bridgehead atoms. The minimum absolute atomic E-state index is 0.235. The second kappa shape index (κ2) is 7.63. The summed E-state index contributed by atoms with van der Waals surface area (Å²) >= 11 is 0. The first-order chi connectivity index (χ1) is 13.5. The van der Waals surface area contributed by atoms with E-state index in [0.29, 0.717) is 13.2 Å². The van der Waals surface area contributed by atoms with E-state index in [1.165, 1.54) is 12.1 Å². The van der Waals surface area contributed by atoms with Crippen LogP contribution in [0.2, 0.25) is 0 Å². The highest BCUT2D eigenvalue weighted by Crippen LogP contribution is 2.37. The molecule has 0 radical (unpaired) electrons. The average Bonchev–Trinajstić information content (AvgIpc) is 3.22. The van der Waals surface area contributed by atoms with E-state index in [0.717, 1.165) is 46.8 Å². The van der Waals surface area contributed by atoms with E-state index in [-0.39, 0.29) is 11.9 Å². The fraction of sp³-hybridized carbons (Fsp3) is 0.400. The molecule has 0 fully saturated rings. The maximum absolute atomic E-state index is 13.6. The van der Waals surface area contributed by atoms with Gasteiger partial charge >= 0.3 is 0 Å². The van der Waals surface area contributed by atoms with E-state index < -0.39 is 0 Å². The number of aryl methyl sites for hydroxylation is 1. The monoisotopic (exact) mass is 384 g/mol. The van der Waals surface area contributed by atoms with E-state index in [2.05, 4.69) is 20.7 Å². The molecule has 0 atom stereocenters. The lowest BCUT2D eigenvalue weighted by Gasteiger charge is -2.18. The predicted octanol–water partition coefficient (Wildman–Crippen LogP) is 3.68. The lowest BCUT2D eigenvalue weighted by molar-refractivity contribution is 0.0787. The van der Waals surface area contributed by atoms with E-state index in [9.17, 15) is 4.39 Å². The van der Waals surface area contributed by atoms with Gasteiger partial charge in [-0.2, -0.15) is 0 Å². The fourth-order valence-corrected chi connectivity index (χ4v) is 3.42. The van der Waals surface area contributed by atoms with Crippen molar-refractivity contribution in [3.8, 4) is 0 Å².